The highest BCUT2D eigenvalue weighted by Crippen LogP contribution is 2.46. The topological polar surface area (TPSA) is 46.3 Å². The second kappa shape index (κ2) is 6.93. The van der Waals surface area contributed by atoms with Crippen molar-refractivity contribution in [1.82, 2.24) is 14.8 Å². The van der Waals surface area contributed by atoms with E-state index in [1.807, 2.05) is 48.1 Å². The lowest BCUT2D eigenvalue weighted by atomic mass is 9.93. The van der Waals surface area contributed by atoms with Gasteiger partial charge in [0.15, 0.2) is 5.82 Å². The summed E-state index contributed by atoms with van der Waals surface area (Å²) >= 11 is 6.11. The lowest BCUT2D eigenvalue weighted by Gasteiger charge is -2.39. The number of pyridine rings is 1. The molecule has 2 aliphatic heterocycles. The number of aromatic nitrogens is 3. The van der Waals surface area contributed by atoms with Crippen LogP contribution in [0.3, 0.4) is 0 Å². The fourth-order valence-corrected chi connectivity index (χ4v) is 4.51. The molecule has 0 bridgehead atoms. The molecule has 1 unspecified atom stereocenters. The molecule has 0 spiro atoms. The molecule has 2 aliphatic rings. The Kier molecular flexibility index (Phi) is 4.04. The second-order valence-electron chi connectivity index (χ2n) is 7.63. The van der Waals surface area contributed by atoms with Crippen LogP contribution in [0.4, 0.5) is 11.5 Å². The van der Waals surface area contributed by atoms with Crippen molar-refractivity contribution in [3.05, 3.63) is 107 Å². The normalized spacial score (nSPS) is 16.4. The molecular formula is C25H18ClN5. The smallest absolute Gasteiger partial charge is 0.163 e. The summed E-state index contributed by atoms with van der Waals surface area (Å²) in [6, 6.07) is 20.1. The van der Waals surface area contributed by atoms with Crippen LogP contribution >= 0.6 is 11.6 Å². The lowest BCUT2D eigenvalue weighted by molar-refractivity contribution is 0.808. The van der Waals surface area contributed by atoms with Crippen LogP contribution in [0.2, 0.25) is 5.02 Å². The Hall–Kier alpha value is -3.70. The Morgan fingerprint density at radius 3 is 2.58 bits per heavy atom. The van der Waals surface area contributed by atoms with Crippen molar-refractivity contribution in [2.24, 2.45) is 4.99 Å². The standard InChI is InChI=1S/C25H18ClN5/c1-16-23-24(18-6-4-14-27-15-18)30-21-7-3-2-5-17(21)8-13-22(30)28-25(23)31(29-16)20-11-9-19(26)10-12-20/h2-15,24H,1H3. The van der Waals surface area contributed by atoms with Crippen molar-refractivity contribution in [3.63, 3.8) is 0 Å². The zero-order chi connectivity index (χ0) is 20.9. The first kappa shape index (κ1) is 18.1. The summed E-state index contributed by atoms with van der Waals surface area (Å²) in [5.41, 5.74) is 6.34. The summed E-state index contributed by atoms with van der Waals surface area (Å²) in [6.45, 7) is 2.04. The predicted octanol–water partition coefficient (Wildman–Crippen LogP) is 5.90. The summed E-state index contributed by atoms with van der Waals surface area (Å²) in [5.74, 6) is 1.72. The van der Waals surface area contributed by atoms with Crippen LogP contribution in [0.5, 0.6) is 0 Å². The third-order valence-corrected chi connectivity index (χ3v) is 6.01. The molecule has 6 rings (SSSR count). The molecule has 0 saturated carbocycles. The van der Waals surface area contributed by atoms with E-state index in [2.05, 4.69) is 52.4 Å². The van der Waals surface area contributed by atoms with E-state index in [1.54, 1.807) is 6.20 Å². The van der Waals surface area contributed by atoms with Crippen molar-refractivity contribution in [1.29, 1.82) is 0 Å². The molecular weight excluding hydrogens is 406 g/mol. The van der Waals surface area contributed by atoms with Gasteiger partial charge in [0.25, 0.3) is 0 Å². The first-order valence-corrected chi connectivity index (χ1v) is 10.5. The van der Waals surface area contributed by atoms with Crippen LogP contribution in [-0.2, 0) is 0 Å². The molecule has 4 heterocycles. The molecule has 5 nitrogen and oxygen atoms in total. The molecule has 0 amide bonds. The minimum absolute atomic E-state index is 0.0802. The number of hydrogen-bond acceptors (Lipinski definition) is 4. The summed E-state index contributed by atoms with van der Waals surface area (Å²) in [7, 11) is 0. The highest BCUT2D eigenvalue weighted by Gasteiger charge is 2.38. The average Bonchev–Trinajstić information content (AvgIpc) is 3.14. The van der Waals surface area contributed by atoms with Gasteiger partial charge in [0.1, 0.15) is 5.84 Å². The van der Waals surface area contributed by atoms with Gasteiger partial charge in [0.2, 0.25) is 0 Å². The third kappa shape index (κ3) is 2.81. The number of nitrogens with zero attached hydrogens (tertiary/aromatic N) is 5. The minimum atomic E-state index is -0.0802. The predicted molar refractivity (Wildman–Crippen MR) is 124 cm³/mol. The van der Waals surface area contributed by atoms with Crippen LogP contribution in [0, 0.1) is 6.92 Å². The quantitative estimate of drug-likeness (QED) is 0.403. The highest BCUT2D eigenvalue weighted by molar-refractivity contribution is 6.30. The molecule has 4 aromatic rings. The molecule has 150 valence electrons. The van der Waals surface area contributed by atoms with Crippen LogP contribution < -0.4 is 4.90 Å². The van der Waals surface area contributed by atoms with Gasteiger partial charge in [-0.2, -0.15) is 5.10 Å². The first-order chi connectivity index (χ1) is 15.2. The van der Waals surface area contributed by atoms with Gasteiger partial charge in [-0.15, -0.1) is 0 Å². The summed E-state index contributed by atoms with van der Waals surface area (Å²) in [6.07, 6.45) is 7.92. The van der Waals surface area contributed by atoms with E-state index in [-0.39, 0.29) is 6.04 Å². The maximum absolute atomic E-state index is 6.11. The van der Waals surface area contributed by atoms with E-state index < -0.39 is 0 Å². The molecule has 0 saturated heterocycles. The Balaban J connectivity index is 1.63. The number of halogens is 1. The molecule has 0 N–H and O–H groups in total. The minimum Gasteiger partial charge on any atom is -0.314 e. The molecule has 2 aromatic carbocycles. The average molecular weight is 424 g/mol. The van der Waals surface area contributed by atoms with Gasteiger partial charge in [-0.25, -0.2) is 9.67 Å². The Morgan fingerprint density at radius 2 is 1.77 bits per heavy atom. The maximum atomic E-state index is 6.11. The summed E-state index contributed by atoms with van der Waals surface area (Å²) < 4.78 is 1.91. The Morgan fingerprint density at radius 1 is 0.935 bits per heavy atom. The number of amidine groups is 1. The first-order valence-electron chi connectivity index (χ1n) is 10.1. The van der Waals surface area contributed by atoms with E-state index in [0.717, 1.165) is 39.8 Å². The summed E-state index contributed by atoms with van der Waals surface area (Å²) in [4.78, 5) is 11.8. The van der Waals surface area contributed by atoms with E-state index in [0.29, 0.717) is 5.02 Å². The van der Waals surface area contributed by atoms with Crippen LogP contribution in [0.15, 0.2) is 84.1 Å². The monoisotopic (exact) mass is 423 g/mol. The van der Waals surface area contributed by atoms with E-state index in [9.17, 15) is 0 Å². The summed E-state index contributed by atoms with van der Waals surface area (Å²) in [5, 5.41) is 5.57. The zero-order valence-electron chi connectivity index (χ0n) is 16.8. The van der Waals surface area contributed by atoms with Crippen LogP contribution in [-0.4, -0.2) is 20.6 Å². The van der Waals surface area contributed by atoms with Gasteiger partial charge in [0.05, 0.1) is 23.1 Å². The second-order valence-corrected chi connectivity index (χ2v) is 8.07. The number of aliphatic imine (C=N–C) groups is 1. The van der Waals surface area contributed by atoms with E-state index in [1.165, 1.54) is 5.56 Å². The van der Waals surface area contributed by atoms with Gasteiger partial charge in [-0.05, 0) is 66.6 Å². The molecule has 2 aromatic heterocycles. The number of hydrogen-bond donors (Lipinski definition) is 0. The van der Waals surface area contributed by atoms with Crippen molar-refractivity contribution < 1.29 is 0 Å². The number of para-hydroxylation sites is 1. The molecule has 0 fully saturated rings. The third-order valence-electron chi connectivity index (χ3n) is 5.76. The fraction of sp³-hybridized carbons (Fsp3) is 0.0800. The lowest BCUT2D eigenvalue weighted by Crippen LogP contribution is -2.38. The molecule has 31 heavy (non-hydrogen) atoms. The van der Waals surface area contributed by atoms with E-state index in [4.69, 9.17) is 21.7 Å². The number of fused-ring (bicyclic) bond motifs is 4. The number of benzene rings is 2. The van der Waals surface area contributed by atoms with Crippen molar-refractivity contribution in [2.45, 2.75) is 13.0 Å². The van der Waals surface area contributed by atoms with Crippen LogP contribution in [0.1, 0.15) is 28.4 Å². The SMILES string of the molecule is Cc1nn(-c2ccc(Cl)cc2)c2c1C(c1cccnc1)N1C(=N2)C=Cc2ccccc21. The number of anilines is 1. The number of rotatable bonds is 2. The number of aryl methyl sites for hydroxylation is 1. The Labute approximate surface area is 185 Å². The molecule has 1 atom stereocenters. The van der Waals surface area contributed by atoms with Crippen molar-refractivity contribution in [2.75, 3.05) is 4.90 Å². The van der Waals surface area contributed by atoms with Crippen LogP contribution in [0.25, 0.3) is 11.8 Å². The molecule has 0 aliphatic carbocycles. The van der Waals surface area contributed by atoms with Gasteiger partial charge < -0.3 is 4.90 Å². The fourth-order valence-electron chi connectivity index (χ4n) is 4.39. The highest BCUT2D eigenvalue weighted by atomic mass is 35.5. The largest absolute Gasteiger partial charge is 0.314 e. The maximum Gasteiger partial charge on any atom is 0.163 e. The van der Waals surface area contributed by atoms with Gasteiger partial charge in [-0.3, -0.25) is 4.98 Å². The van der Waals surface area contributed by atoms with Crippen molar-refractivity contribution in [3.8, 4) is 5.69 Å². The van der Waals surface area contributed by atoms with E-state index >= 15 is 0 Å². The zero-order valence-corrected chi connectivity index (χ0v) is 17.5. The Bertz CT molecular complexity index is 1350. The molecule has 0 radical (unpaired) electrons. The molecule has 6 heteroatoms. The van der Waals surface area contributed by atoms with Gasteiger partial charge in [-0.1, -0.05) is 35.9 Å². The van der Waals surface area contributed by atoms with Gasteiger partial charge in [0, 0.05) is 23.0 Å². The van der Waals surface area contributed by atoms with Crippen molar-refractivity contribution >= 4 is 35.0 Å². The van der Waals surface area contributed by atoms with Gasteiger partial charge >= 0.3 is 0 Å².